The monoisotopic (exact) mass is 324 g/mol. The van der Waals surface area contributed by atoms with Crippen molar-refractivity contribution in [2.75, 3.05) is 0 Å². The molecule has 3 aromatic carbocycles. The summed E-state index contributed by atoms with van der Waals surface area (Å²) in [5, 5.41) is 0. The fraction of sp³-hybridized carbons (Fsp3) is 0.125. The Morgan fingerprint density at radius 1 is 0.680 bits per heavy atom. The van der Waals surface area contributed by atoms with Crippen molar-refractivity contribution in [3.05, 3.63) is 106 Å². The summed E-state index contributed by atoms with van der Waals surface area (Å²) in [6, 6.07) is 24.5. The molecule has 0 spiro atoms. The Balaban J connectivity index is 1.89. The predicted octanol–water partition coefficient (Wildman–Crippen LogP) is 5.94. The molecule has 1 heteroatoms. The fourth-order valence-electron chi connectivity index (χ4n) is 3.42. The summed E-state index contributed by atoms with van der Waals surface area (Å²) < 4.78 is 0. The third kappa shape index (κ3) is 2.72. The van der Waals surface area contributed by atoms with E-state index in [4.69, 9.17) is 0 Å². The lowest BCUT2D eigenvalue weighted by atomic mass is 9.80. The molecule has 1 aliphatic carbocycles. The summed E-state index contributed by atoms with van der Waals surface area (Å²) in [5.74, 6) is 0.633. The Bertz CT molecular complexity index is 923. The first-order valence-corrected chi connectivity index (χ1v) is 8.70. The van der Waals surface area contributed by atoms with E-state index in [0.717, 1.165) is 33.4 Å². The highest BCUT2D eigenvalue weighted by molar-refractivity contribution is 6.20. The largest absolute Gasteiger partial charge is 0.289 e. The molecule has 0 fully saturated rings. The third-order valence-electron chi connectivity index (χ3n) is 4.84. The van der Waals surface area contributed by atoms with Gasteiger partial charge in [0.15, 0.2) is 5.78 Å². The predicted molar refractivity (Wildman–Crippen MR) is 104 cm³/mol. The second-order valence-electron chi connectivity index (χ2n) is 6.80. The van der Waals surface area contributed by atoms with Gasteiger partial charge >= 0.3 is 0 Å². The lowest BCUT2D eigenvalue weighted by Crippen LogP contribution is -2.14. The molecular formula is C24H20O. The van der Waals surface area contributed by atoms with Gasteiger partial charge in [-0.05, 0) is 39.8 Å². The minimum absolute atomic E-state index is 0.110. The first-order valence-electron chi connectivity index (χ1n) is 8.70. The molecule has 0 aromatic heterocycles. The van der Waals surface area contributed by atoms with Gasteiger partial charge in [0, 0.05) is 11.1 Å². The zero-order valence-electron chi connectivity index (χ0n) is 14.5. The van der Waals surface area contributed by atoms with Crippen molar-refractivity contribution < 1.29 is 4.79 Å². The van der Waals surface area contributed by atoms with Gasteiger partial charge in [-0.2, -0.15) is 0 Å². The van der Waals surface area contributed by atoms with Gasteiger partial charge in [-0.15, -0.1) is 0 Å². The molecule has 25 heavy (non-hydrogen) atoms. The first kappa shape index (κ1) is 15.6. The molecule has 4 rings (SSSR count). The Kier molecular flexibility index (Phi) is 3.85. The smallest absolute Gasteiger partial charge is 0.194 e. The molecule has 0 saturated heterocycles. The van der Waals surface area contributed by atoms with Crippen molar-refractivity contribution in [2.24, 2.45) is 0 Å². The van der Waals surface area contributed by atoms with Crippen LogP contribution < -0.4 is 0 Å². The minimum atomic E-state index is 0.110. The van der Waals surface area contributed by atoms with Crippen molar-refractivity contribution in [2.45, 2.75) is 19.8 Å². The van der Waals surface area contributed by atoms with Gasteiger partial charge in [0.2, 0.25) is 0 Å². The molecule has 0 aliphatic heterocycles. The molecule has 3 aromatic rings. The Morgan fingerprint density at radius 2 is 1.16 bits per heavy atom. The van der Waals surface area contributed by atoms with E-state index in [9.17, 15) is 4.79 Å². The molecule has 0 saturated carbocycles. The highest BCUT2D eigenvalue weighted by atomic mass is 16.1. The maximum absolute atomic E-state index is 12.8. The van der Waals surface area contributed by atoms with Crippen LogP contribution in [0.1, 0.15) is 57.9 Å². The number of carbonyl (C=O) groups excluding carboxylic acids is 1. The van der Waals surface area contributed by atoms with Crippen molar-refractivity contribution in [1.82, 2.24) is 0 Å². The van der Waals surface area contributed by atoms with E-state index in [-0.39, 0.29) is 5.78 Å². The second kappa shape index (κ2) is 6.18. The standard InChI is InChI=1S/C24H20O/c1-16(2)18-13-11-17(12-14-18)15-23-19-7-3-5-9-21(19)24(25)22-10-6-4-8-20(22)23/h3-16H,1-2H3. The Labute approximate surface area is 148 Å². The quantitative estimate of drug-likeness (QED) is 0.446. The number of benzene rings is 3. The summed E-state index contributed by atoms with van der Waals surface area (Å²) in [7, 11) is 0. The molecule has 0 unspecified atom stereocenters. The average Bonchev–Trinajstić information content (AvgIpc) is 2.65. The molecule has 1 aliphatic rings. The van der Waals surface area contributed by atoms with Crippen LogP contribution in [-0.4, -0.2) is 5.78 Å². The van der Waals surface area contributed by atoms with Crippen LogP contribution in [0.2, 0.25) is 0 Å². The second-order valence-corrected chi connectivity index (χ2v) is 6.80. The summed E-state index contributed by atoms with van der Waals surface area (Å²) in [4.78, 5) is 12.8. The number of rotatable bonds is 2. The number of fused-ring (bicyclic) bond motifs is 2. The molecule has 0 heterocycles. The lowest BCUT2D eigenvalue weighted by molar-refractivity contribution is 0.103. The summed E-state index contributed by atoms with van der Waals surface area (Å²) in [6.07, 6.45) is 2.19. The molecular weight excluding hydrogens is 304 g/mol. The molecule has 0 bridgehead atoms. The molecule has 1 nitrogen and oxygen atoms in total. The Morgan fingerprint density at radius 3 is 1.64 bits per heavy atom. The van der Waals surface area contributed by atoms with E-state index >= 15 is 0 Å². The molecule has 0 amide bonds. The van der Waals surface area contributed by atoms with Gasteiger partial charge in [-0.25, -0.2) is 0 Å². The van der Waals surface area contributed by atoms with Crippen LogP contribution in [-0.2, 0) is 0 Å². The van der Waals surface area contributed by atoms with E-state index in [2.05, 4.69) is 44.2 Å². The maximum Gasteiger partial charge on any atom is 0.194 e. The van der Waals surface area contributed by atoms with E-state index in [1.165, 1.54) is 5.56 Å². The van der Waals surface area contributed by atoms with Gasteiger partial charge < -0.3 is 0 Å². The Hall–Kier alpha value is -2.93. The van der Waals surface area contributed by atoms with E-state index in [1.807, 2.05) is 48.5 Å². The van der Waals surface area contributed by atoms with Crippen LogP contribution in [0.5, 0.6) is 0 Å². The SMILES string of the molecule is CC(C)c1ccc(C=C2c3ccccc3C(=O)c3ccccc32)cc1. The zero-order chi connectivity index (χ0) is 17.4. The summed E-state index contributed by atoms with van der Waals surface area (Å²) in [5.41, 5.74) is 7.19. The van der Waals surface area contributed by atoms with Gasteiger partial charge in [0.1, 0.15) is 0 Å². The van der Waals surface area contributed by atoms with Gasteiger partial charge in [-0.3, -0.25) is 4.79 Å². The normalized spacial score (nSPS) is 12.8. The van der Waals surface area contributed by atoms with Gasteiger partial charge in [0.25, 0.3) is 0 Å². The molecule has 0 atom stereocenters. The van der Waals surface area contributed by atoms with Crippen LogP contribution in [0.15, 0.2) is 72.8 Å². The number of hydrogen-bond donors (Lipinski definition) is 0. The summed E-state index contributed by atoms with van der Waals surface area (Å²) >= 11 is 0. The van der Waals surface area contributed by atoms with Crippen molar-refractivity contribution in [1.29, 1.82) is 0 Å². The lowest BCUT2D eigenvalue weighted by Gasteiger charge is -2.21. The fourth-order valence-corrected chi connectivity index (χ4v) is 3.42. The van der Waals surface area contributed by atoms with Crippen LogP contribution in [0.4, 0.5) is 0 Å². The van der Waals surface area contributed by atoms with E-state index in [0.29, 0.717) is 5.92 Å². The highest BCUT2D eigenvalue weighted by Crippen LogP contribution is 2.37. The number of carbonyl (C=O) groups is 1. The summed E-state index contributed by atoms with van der Waals surface area (Å²) in [6.45, 7) is 4.40. The van der Waals surface area contributed by atoms with Crippen molar-refractivity contribution in [3.8, 4) is 0 Å². The number of ketones is 1. The molecule has 0 N–H and O–H groups in total. The highest BCUT2D eigenvalue weighted by Gasteiger charge is 2.25. The minimum Gasteiger partial charge on any atom is -0.289 e. The van der Waals surface area contributed by atoms with E-state index in [1.54, 1.807) is 0 Å². The van der Waals surface area contributed by atoms with Crippen LogP contribution >= 0.6 is 0 Å². The topological polar surface area (TPSA) is 17.1 Å². The van der Waals surface area contributed by atoms with Crippen LogP contribution in [0.3, 0.4) is 0 Å². The molecule has 122 valence electrons. The first-order chi connectivity index (χ1) is 12.1. The van der Waals surface area contributed by atoms with Gasteiger partial charge in [0.05, 0.1) is 0 Å². The molecule has 0 radical (unpaired) electrons. The van der Waals surface area contributed by atoms with E-state index < -0.39 is 0 Å². The number of hydrogen-bond acceptors (Lipinski definition) is 1. The average molecular weight is 324 g/mol. The van der Waals surface area contributed by atoms with Crippen molar-refractivity contribution >= 4 is 17.4 Å². The van der Waals surface area contributed by atoms with Crippen molar-refractivity contribution in [3.63, 3.8) is 0 Å². The maximum atomic E-state index is 12.8. The van der Waals surface area contributed by atoms with Gasteiger partial charge in [-0.1, -0.05) is 86.6 Å². The van der Waals surface area contributed by atoms with Crippen LogP contribution in [0.25, 0.3) is 11.6 Å². The third-order valence-corrected chi connectivity index (χ3v) is 4.84. The zero-order valence-corrected chi connectivity index (χ0v) is 14.5. The van der Waals surface area contributed by atoms with Crippen LogP contribution in [0, 0.1) is 0 Å².